The Morgan fingerprint density at radius 3 is 2.00 bits per heavy atom. The first-order valence-corrected chi connectivity index (χ1v) is 5.63. The van der Waals surface area contributed by atoms with E-state index in [-0.39, 0.29) is 5.54 Å². The van der Waals surface area contributed by atoms with Crippen LogP contribution in [0, 0.1) is 11.8 Å². The van der Waals surface area contributed by atoms with Gasteiger partial charge in [-0.1, -0.05) is 20.8 Å². The molecule has 1 heterocycles. The summed E-state index contributed by atoms with van der Waals surface area (Å²) in [5.74, 6) is 0.911. The van der Waals surface area contributed by atoms with Crippen molar-refractivity contribution in [2.24, 2.45) is 11.8 Å². The maximum Gasteiger partial charge on any atom is 0.0819 e. The lowest BCUT2D eigenvalue weighted by atomic mass is 9.78. The maximum absolute atomic E-state index is 10.6. The summed E-state index contributed by atoms with van der Waals surface area (Å²) < 4.78 is 0. The molecule has 0 spiro atoms. The fraction of sp³-hybridized carbons (Fsp3) is 1.00. The highest BCUT2D eigenvalue weighted by Crippen LogP contribution is 2.40. The Morgan fingerprint density at radius 2 is 1.71 bits per heavy atom. The summed E-state index contributed by atoms with van der Waals surface area (Å²) >= 11 is 0. The van der Waals surface area contributed by atoms with Crippen molar-refractivity contribution in [1.29, 1.82) is 0 Å². The second kappa shape index (κ2) is 3.49. The number of hydrogen-bond acceptors (Lipinski definition) is 2. The normalized spacial score (nSPS) is 35.1. The first kappa shape index (κ1) is 12.0. The second-order valence-electron chi connectivity index (χ2n) is 5.98. The molecule has 0 saturated carbocycles. The van der Waals surface area contributed by atoms with E-state index in [1.807, 2.05) is 0 Å². The van der Waals surface area contributed by atoms with E-state index in [1.54, 1.807) is 0 Å². The van der Waals surface area contributed by atoms with Crippen LogP contribution in [0.5, 0.6) is 0 Å². The summed E-state index contributed by atoms with van der Waals surface area (Å²) in [7, 11) is 2.10. The molecule has 84 valence electrons. The average Bonchev–Trinajstić information content (AvgIpc) is 2.20. The summed E-state index contributed by atoms with van der Waals surface area (Å²) in [6.07, 6.45) is 0.885. The Hall–Kier alpha value is -0.0800. The molecular weight excluding hydrogens is 174 g/mol. The molecule has 1 rings (SSSR count). The number of likely N-dealkylation sites (tertiary alicyclic amines) is 1. The third kappa shape index (κ3) is 1.96. The zero-order chi connectivity index (χ0) is 11.1. The van der Waals surface area contributed by atoms with Gasteiger partial charge < -0.3 is 5.11 Å². The zero-order valence-corrected chi connectivity index (χ0v) is 10.5. The predicted molar refractivity (Wildman–Crippen MR) is 60.3 cm³/mol. The average molecular weight is 199 g/mol. The van der Waals surface area contributed by atoms with Gasteiger partial charge >= 0.3 is 0 Å². The molecule has 0 bridgehead atoms. The molecule has 0 aromatic carbocycles. The number of aliphatic hydroxyl groups is 1. The van der Waals surface area contributed by atoms with Gasteiger partial charge in [-0.05, 0) is 39.2 Å². The Labute approximate surface area is 88.3 Å². The van der Waals surface area contributed by atoms with Gasteiger partial charge in [0, 0.05) is 12.1 Å². The van der Waals surface area contributed by atoms with Crippen LogP contribution in [0.25, 0.3) is 0 Å². The molecule has 2 heteroatoms. The fourth-order valence-electron chi connectivity index (χ4n) is 2.49. The Balaban J connectivity index is 2.80. The molecule has 1 N–H and O–H groups in total. The van der Waals surface area contributed by atoms with Crippen LogP contribution in [0.1, 0.15) is 41.0 Å². The van der Waals surface area contributed by atoms with Crippen molar-refractivity contribution in [3.63, 3.8) is 0 Å². The number of likely N-dealkylation sites (N-methyl/N-ethyl adjacent to an activating group) is 1. The van der Waals surface area contributed by atoms with Crippen LogP contribution >= 0.6 is 0 Å². The highest BCUT2D eigenvalue weighted by atomic mass is 16.3. The molecule has 1 aliphatic rings. The van der Waals surface area contributed by atoms with Crippen LogP contribution in [0.3, 0.4) is 0 Å². The van der Waals surface area contributed by atoms with Gasteiger partial charge in [0.1, 0.15) is 0 Å². The molecule has 0 aromatic rings. The third-order valence-electron chi connectivity index (χ3n) is 4.13. The number of hydrogen-bond donors (Lipinski definition) is 1. The van der Waals surface area contributed by atoms with Crippen molar-refractivity contribution >= 4 is 0 Å². The van der Waals surface area contributed by atoms with Gasteiger partial charge in [-0.15, -0.1) is 0 Å². The summed E-state index contributed by atoms with van der Waals surface area (Å²) in [6, 6.07) is 0. The lowest BCUT2D eigenvalue weighted by molar-refractivity contribution is -0.0193. The van der Waals surface area contributed by atoms with Gasteiger partial charge in [0.05, 0.1) is 5.60 Å². The van der Waals surface area contributed by atoms with Crippen LogP contribution < -0.4 is 0 Å². The van der Waals surface area contributed by atoms with E-state index < -0.39 is 5.60 Å². The molecule has 14 heavy (non-hydrogen) atoms. The molecule has 0 aromatic heterocycles. The van der Waals surface area contributed by atoms with Gasteiger partial charge in [-0.25, -0.2) is 0 Å². The standard InChI is InChI=1S/C12H25NO/c1-9(2)10(3)12(14)7-11(4,5)13(6)8-12/h9-10,14H,7-8H2,1-6H3. The Bertz CT molecular complexity index is 212. The van der Waals surface area contributed by atoms with Crippen molar-refractivity contribution in [3.8, 4) is 0 Å². The van der Waals surface area contributed by atoms with Crippen molar-refractivity contribution in [1.82, 2.24) is 4.90 Å². The predicted octanol–water partition coefficient (Wildman–Crippen LogP) is 2.12. The van der Waals surface area contributed by atoms with E-state index in [1.165, 1.54) is 0 Å². The van der Waals surface area contributed by atoms with Gasteiger partial charge in [-0.3, -0.25) is 4.90 Å². The van der Waals surface area contributed by atoms with Crippen molar-refractivity contribution in [3.05, 3.63) is 0 Å². The molecule has 0 amide bonds. The van der Waals surface area contributed by atoms with Gasteiger partial charge in [0.2, 0.25) is 0 Å². The summed E-state index contributed by atoms with van der Waals surface area (Å²) in [5, 5.41) is 10.6. The Morgan fingerprint density at radius 1 is 1.21 bits per heavy atom. The van der Waals surface area contributed by atoms with Crippen molar-refractivity contribution in [2.45, 2.75) is 52.2 Å². The molecule has 1 saturated heterocycles. The first-order chi connectivity index (χ1) is 6.19. The molecule has 1 fully saturated rings. The maximum atomic E-state index is 10.6. The van der Waals surface area contributed by atoms with Crippen molar-refractivity contribution < 1.29 is 5.11 Å². The third-order valence-corrected chi connectivity index (χ3v) is 4.13. The largest absolute Gasteiger partial charge is 0.388 e. The zero-order valence-electron chi connectivity index (χ0n) is 10.5. The van der Waals surface area contributed by atoms with Crippen LogP contribution in [0.15, 0.2) is 0 Å². The van der Waals surface area contributed by atoms with E-state index >= 15 is 0 Å². The minimum absolute atomic E-state index is 0.137. The van der Waals surface area contributed by atoms with E-state index in [2.05, 4.69) is 46.6 Å². The van der Waals surface area contributed by atoms with E-state index in [0.29, 0.717) is 11.8 Å². The number of β-amino-alcohol motifs (C(OH)–C–C–N with tert-alkyl or cyclic N) is 1. The van der Waals surface area contributed by atoms with Gasteiger partial charge in [-0.2, -0.15) is 0 Å². The summed E-state index contributed by atoms with van der Waals surface area (Å²) in [6.45, 7) is 11.8. The monoisotopic (exact) mass is 199 g/mol. The smallest absolute Gasteiger partial charge is 0.0819 e. The molecule has 1 aliphatic heterocycles. The molecule has 2 unspecified atom stereocenters. The SMILES string of the molecule is CC(C)C(C)C1(O)CN(C)C(C)(C)C1. The second-order valence-corrected chi connectivity index (χ2v) is 5.98. The van der Waals surface area contributed by atoms with Crippen LogP contribution in [-0.2, 0) is 0 Å². The summed E-state index contributed by atoms with van der Waals surface area (Å²) in [5.41, 5.74) is -0.357. The molecule has 0 aliphatic carbocycles. The van der Waals surface area contributed by atoms with Crippen LogP contribution in [0.4, 0.5) is 0 Å². The fourth-order valence-corrected chi connectivity index (χ4v) is 2.49. The van der Waals surface area contributed by atoms with Gasteiger partial charge in [0.25, 0.3) is 0 Å². The number of nitrogens with zero attached hydrogens (tertiary/aromatic N) is 1. The Kier molecular flexibility index (Phi) is 2.99. The van der Waals surface area contributed by atoms with Crippen LogP contribution in [-0.4, -0.2) is 34.7 Å². The van der Waals surface area contributed by atoms with E-state index in [4.69, 9.17) is 0 Å². The van der Waals surface area contributed by atoms with Crippen LogP contribution in [0.2, 0.25) is 0 Å². The quantitative estimate of drug-likeness (QED) is 0.736. The van der Waals surface area contributed by atoms with Crippen molar-refractivity contribution in [2.75, 3.05) is 13.6 Å². The molecular formula is C12H25NO. The highest BCUT2D eigenvalue weighted by molar-refractivity contribution is 5.03. The summed E-state index contributed by atoms with van der Waals surface area (Å²) in [4.78, 5) is 2.27. The van der Waals surface area contributed by atoms with E-state index in [0.717, 1.165) is 13.0 Å². The van der Waals surface area contributed by atoms with Gasteiger partial charge in [0.15, 0.2) is 0 Å². The lowest BCUT2D eigenvalue weighted by Gasteiger charge is -2.33. The first-order valence-electron chi connectivity index (χ1n) is 5.63. The minimum atomic E-state index is -0.494. The lowest BCUT2D eigenvalue weighted by Crippen LogP contribution is -2.41. The molecule has 0 radical (unpaired) electrons. The molecule has 2 nitrogen and oxygen atoms in total. The van der Waals surface area contributed by atoms with E-state index in [9.17, 15) is 5.11 Å². The highest BCUT2D eigenvalue weighted by Gasteiger charge is 2.49. The molecule has 2 atom stereocenters. The topological polar surface area (TPSA) is 23.5 Å². The number of rotatable bonds is 2. The minimum Gasteiger partial charge on any atom is -0.388 e.